The molecule has 2 rings (SSSR count). The average molecular weight is 250 g/mol. The van der Waals surface area contributed by atoms with E-state index in [1.54, 1.807) is 13.0 Å². The van der Waals surface area contributed by atoms with Crippen LogP contribution in [0.2, 0.25) is 0 Å². The number of carbonyl (C=O) groups excluding carboxylic acids is 2. The number of ketones is 1. The smallest absolute Gasteiger partial charge is 0.374 e. The lowest BCUT2D eigenvalue weighted by Crippen LogP contribution is -2.17. The molecule has 0 unspecified atom stereocenters. The summed E-state index contributed by atoms with van der Waals surface area (Å²) in [5.74, 6) is -0.0497. The van der Waals surface area contributed by atoms with E-state index in [9.17, 15) is 9.59 Å². The van der Waals surface area contributed by atoms with Crippen molar-refractivity contribution in [3.05, 3.63) is 23.7 Å². The highest BCUT2D eigenvalue weighted by Gasteiger charge is 2.25. The largest absolute Gasteiger partial charge is 0.460 e. The quantitative estimate of drug-likeness (QED) is 0.608. The van der Waals surface area contributed by atoms with Crippen LogP contribution in [0.15, 0.2) is 16.5 Å². The number of Topliss-reactive ketones (excluding diaryl/α,β-unsaturated/α-hetero) is 1. The molecule has 18 heavy (non-hydrogen) atoms. The minimum Gasteiger partial charge on any atom is -0.460 e. The van der Waals surface area contributed by atoms with E-state index in [1.807, 2.05) is 0 Å². The Hall–Kier alpha value is -1.58. The Kier molecular flexibility index (Phi) is 4.18. The highest BCUT2D eigenvalue weighted by atomic mass is 16.5. The topological polar surface area (TPSA) is 56.5 Å². The molecule has 0 saturated heterocycles. The van der Waals surface area contributed by atoms with Crippen LogP contribution in [-0.4, -0.2) is 18.4 Å². The molecule has 1 saturated carbocycles. The van der Waals surface area contributed by atoms with Gasteiger partial charge in [0.1, 0.15) is 0 Å². The molecule has 0 bridgehead atoms. The molecule has 0 amide bonds. The van der Waals surface area contributed by atoms with E-state index < -0.39 is 5.97 Å². The summed E-state index contributed by atoms with van der Waals surface area (Å²) in [5, 5.41) is 0. The Balaban J connectivity index is 2.04. The number of ether oxygens (including phenoxy) is 1. The van der Waals surface area contributed by atoms with Crippen LogP contribution >= 0.6 is 0 Å². The summed E-state index contributed by atoms with van der Waals surface area (Å²) in [4.78, 5) is 23.6. The molecule has 0 radical (unpaired) electrons. The van der Waals surface area contributed by atoms with Crippen molar-refractivity contribution in [1.82, 2.24) is 0 Å². The second-order valence-corrected chi connectivity index (χ2v) is 4.58. The van der Waals surface area contributed by atoms with Gasteiger partial charge in [0.2, 0.25) is 11.5 Å². The van der Waals surface area contributed by atoms with Gasteiger partial charge in [-0.1, -0.05) is 19.3 Å². The predicted octanol–water partition coefficient (Wildman–Crippen LogP) is 3.22. The summed E-state index contributed by atoms with van der Waals surface area (Å²) in [6.45, 7) is 2.03. The molecule has 0 spiro atoms. The van der Waals surface area contributed by atoms with Crippen molar-refractivity contribution in [3.63, 3.8) is 0 Å². The maximum atomic E-state index is 12.1. The lowest BCUT2D eigenvalue weighted by atomic mass is 9.85. The van der Waals surface area contributed by atoms with Crippen molar-refractivity contribution in [2.24, 2.45) is 5.92 Å². The Labute approximate surface area is 106 Å². The predicted molar refractivity (Wildman–Crippen MR) is 65.6 cm³/mol. The zero-order chi connectivity index (χ0) is 13.0. The van der Waals surface area contributed by atoms with E-state index in [4.69, 9.17) is 9.15 Å². The fraction of sp³-hybridized carbons (Fsp3) is 0.571. The molecule has 4 heteroatoms. The van der Waals surface area contributed by atoms with Gasteiger partial charge in [0.05, 0.1) is 6.61 Å². The van der Waals surface area contributed by atoms with Crippen molar-refractivity contribution >= 4 is 11.8 Å². The summed E-state index contributed by atoms with van der Waals surface area (Å²) in [7, 11) is 0. The number of hydrogen-bond donors (Lipinski definition) is 0. The van der Waals surface area contributed by atoms with Crippen molar-refractivity contribution in [3.8, 4) is 0 Å². The number of carbonyl (C=O) groups is 2. The van der Waals surface area contributed by atoms with Crippen LogP contribution in [0.4, 0.5) is 0 Å². The number of furan rings is 1. The van der Waals surface area contributed by atoms with Crippen molar-refractivity contribution in [2.45, 2.75) is 39.0 Å². The van der Waals surface area contributed by atoms with Gasteiger partial charge in [0.25, 0.3) is 0 Å². The van der Waals surface area contributed by atoms with Crippen molar-refractivity contribution < 1.29 is 18.7 Å². The highest BCUT2D eigenvalue weighted by molar-refractivity contribution is 5.96. The Morgan fingerprint density at radius 3 is 2.56 bits per heavy atom. The fourth-order valence-corrected chi connectivity index (χ4v) is 2.35. The van der Waals surface area contributed by atoms with Crippen LogP contribution in [-0.2, 0) is 4.74 Å². The zero-order valence-corrected chi connectivity index (χ0v) is 10.6. The van der Waals surface area contributed by atoms with Crippen LogP contribution in [0, 0.1) is 5.92 Å². The monoisotopic (exact) mass is 250 g/mol. The Bertz CT molecular complexity index is 427. The van der Waals surface area contributed by atoms with Crippen LogP contribution in [0.25, 0.3) is 0 Å². The van der Waals surface area contributed by atoms with Gasteiger partial charge in [-0.2, -0.15) is 0 Å². The third-order valence-electron chi connectivity index (χ3n) is 3.30. The molecule has 0 atom stereocenters. The van der Waals surface area contributed by atoms with Crippen LogP contribution in [0.1, 0.15) is 60.1 Å². The minimum atomic E-state index is -0.514. The first kappa shape index (κ1) is 12.9. The second-order valence-electron chi connectivity index (χ2n) is 4.58. The molecule has 4 nitrogen and oxygen atoms in total. The van der Waals surface area contributed by atoms with Crippen LogP contribution in [0.5, 0.6) is 0 Å². The second kappa shape index (κ2) is 5.85. The molecule has 1 heterocycles. The normalized spacial score (nSPS) is 16.5. The summed E-state index contributed by atoms with van der Waals surface area (Å²) in [5.41, 5.74) is 0. The molecule has 0 aromatic carbocycles. The third kappa shape index (κ3) is 2.81. The number of rotatable bonds is 4. The fourth-order valence-electron chi connectivity index (χ4n) is 2.35. The third-order valence-corrected chi connectivity index (χ3v) is 3.30. The number of esters is 1. The summed E-state index contributed by atoms with van der Waals surface area (Å²) >= 11 is 0. The van der Waals surface area contributed by atoms with Gasteiger partial charge in [-0.05, 0) is 31.9 Å². The van der Waals surface area contributed by atoms with E-state index in [-0.39, 0.29) is 23.2 Å². The van der Waals surface area contributed by atoms with Gasteiger partial charge >= 0.3 is 5.97 Å². The molecule has 1 fully saturated rings. The van der Waals surface area contributed by atoms with Crippen molar-refractivity contribution in [1.29, 1.82) is 0 Å². The molecule has 1 aromatic heterocycles. The summed E-state index contributed by atoms with van der Waals surface area (Å²) in [6, 6.07) is 3.08. The van der Waals surface area contributed by atoms with Gasteiger partial charge in [-0.25, -0.2) is 4.79 Å². The van der Waals surface area contributed by atoms with E-state index in [1.165, 1.54) is 12.5 Å². The lowest BCUT2D eigenvalue weighted by Gasteiger charge is -2.18. The SMILES string of the molecule is CCOC(=O)c1ccc(C(=O)C2CCCCC2)o1. The van der Waals surface area contributed by atoms with E-state index in [0.29, 0.717) is 6.61 Å². The van der Waals surface area contributed by atoms with Gasteiger partial charge in [-0.15, -0.1) is 0 Å². The molecular weight excluding hydrogens is 232 g/mol. The molecule has 1 aliphatic rings. The summed E-state index contributed by atoms with van der Waals surface area (Å²) in [6.07, 6.45) is 5.25. The molecular formula is C14H18O4. The molecule has 0 N–H and O–H groups in total. The van der Waals surface area contributed by atoms with E-state index in [2.05, 4.69) is 0 Å². The molecule has 98 valence electrons. The van der Waals surface area contributed by atoms with Gasteiger partial charge in [0.15, 0.2) is 5.76 Å². The first-order chi connectivity index (χ1) is 8.72. The Morgan fingerprint density at radius 1 is 1.22 bits per heavy atom. The van der Waals surface area contributed by atoms with Crippen LogP contribution < -0.4 is 0 Å². The Morgan fingerprint density at radius 2 is 1.89 bits per heavy atom. The van der Waals surface area contributed by atoms with Crippen LogP contribution in [0.3, 0.4) is 0 Å². The first-order valence-electron chi connectivity index (χ1n) is 6.53. The molecule has 1 aliphatic carbocycles. The maximum absolute atomic E-state index is 12.1. The zero-order valence-electron chi connectivity index (χ0n) is 10.6. The number of hydrogen-bond acceptors (Lipinski definition) is 4. The highest BCUT2D eigenvalue weighted by Crippen LogP contribution is 2.27. The average Bonchev–Trinajstić information content (AvgIpc) is 2.89. The summed E-state index contributed by atoms with van der Waals surface area (Å²) < 4.78 is 10.1. The van der Waals surface area contributed by atoms with Gasteiger partial charge in [-0.3, -0.25) is 4.79 Å². The standard InChI is InChI=1S/C14H18O4/c1-2-17-14(16)12-9-8-11(18-12)13(15)10-6-4-3-5-7-10/h8-10H,2-7H2,1H3. The molecule has 1 aromatic rings. The first-order valence-corrected chi connectivity index (χ1v) is 6.53. The minimum absolute atomic E-state index is 0.0187. The lowest BCUT2D eigenvalue weighted by molar-refractivity contribution is 0.0487. The van der Waals surface area contributed by atoms with E-state index in [0.717, 1.165) is 25.7 Å². The van der Waals surface area contributed by atoms with Gasteiger partial charge < -0.3 is 9.15 Å². The maximum Gasteiger partial charge on any atom is 0.374 e. The molecule has 0 aliphatic heterocycles. The van der Waals surface area contributed by atoms with Gasteiger partial charge in [0, 0.05) is 5.92 Å². The van der Waals surface area contributed by atoms with Crippen molar-refractivity contribution in [2.75, 3.05) is 6.61 Å². The van der Waals surface area contributed by atoms with E-state index >= 15 is 0 Å².